The molecule has 0 saturated carbocycles. The Morgan fingerprint density at radius 2 is 2.19 bits per heavy atom. The van der Waals surface area contributed by atoms with E-state index in [1.807, 2.05) is 0 Å². The van der Waals surface area contributed by atoms with Crippen molar-refractivity contribution in [2.45, 2.75) is 32.7 Å². The number of nitrogens with one attached hydrogen (secondary N) is 1. The van der Waals surface area contributed by atoms with Gasteiger partial charge in [-0.3, -0.25) is 0 Å². The van der Waals surface area contributed by atoms with Crippen molar-refractivity contribution in [1.82, 2.24) is 10.2 Å². The van der Waals surface area contributed by atoms with Crippen LogP contribution in [0.15, 0.2) is 0 Å². The molecule has 3 heteroatoms. The molecule has 0 spiro atoms. The molecule has 2 aliphatic heterocycles. The fourth-order valence-corrected chi connectivity index (χ4v) is 3.69. The van der Waals surface area contributed by atoms with Crippen molar-refractivity contribution in [2.75, 3.05) is 37.7 Å². The summed E-state index contributed by atoms with van der Waals surface area (Å²) in [6.45, 7) is 9.97. The van der Waals surface area contributed by atoms with Crippen molar-refractivity contribution >= 4 is 11.8 Å². The van der Waals surface area contributed by atoms with Gasteiger partial charge in [-0.2, -0.15) is 11.8 Å². The molecule has 2 nitrogen and oxygen atoms in total. The van der Waals surface area contributed by atoms with Gasteiger partial charge in [0.2, 0.25) is 0 Å². The quantitative estimate of drug-likeness (QED) is 0.815. The predicted molar refractivity (Wildman–Crippen MR) is 73.1 cm³/mol. The molecule has 0 bridgehead atoms. The first kappa shape index (κ1) is 12.7. The smallest absolute Gasteiger partial charge is 0.0170 e. The van der Waals surface area contributed by atoms with Crippen LogP contribution in [0.3, 0.4) is 0 Å². The largest absolute Gasteiger partial charge is 0.312 e. The van der Waals surface area contributed by atoms with Crippen molar-refractivity contribution in [1.29, 1.82) is 0 Å². The van der Waals surface area contributed by atoms with Gasteiger partial charge < -0.3 is 10.2 Å². The van der Waals surface area contributed by atoms with Gasteiger partial charge >= 0.3 is 0 Å². The highest BCUT2D eigenvalue weighted by Crippen LogP contribution is 2.22. The van der Waals surface area contributed by atoms with Crippen LogP contribution in [0.1, 0.15) is 26.7 Å². The zero-order chi connectivity index (χ0) is 11.4. The molecule has 2 saturated heterocycles. The normalized spacial score (nSPS) is 37.5. The third kappa shape index (κ3) is 3.64. The Balaban J connectivity index is 1.65. The van der Waals surface area contributed by atoms with E-state index >= 15 is 0 Å². The maximum absolute atomic E-state index is 3.63. The van der Waals surface area contributed by atoms with Gasteiger partial charge in [0.1, 0.15) is 0 Å². The summed E-state index contributed by atoms with van der Waals surface area (Å²) in [5.74, 6) is 4.44. The third-order valence-corrected chi connectivity index (χ3v) is 5.34. The van der Waals surface area contributed by atoms with Gasteiger partial charge in [-0.25, -0.2) is 0 Å². The van der Waals surface area contributed by atoms with Crippen LogP contribution >= 0.6 is 11.8 Å². The molecule has 3 unspecified atom stereocenters. The molecule has 0 radical (unpaired) electrons. The van der Waals surface area contributed by atoms with Crippen LogP contribution in [0.25, 0.3) is 0 Å². The molecular formula is C13H26N2S. The van der Waals surface area contributed by atoms with Crippen LogP contribution in [-0.2, 0) is 0 Å². The Hall–Kier alpha value is 0.270. The van der Waals surface area contributed by atoms with E-state index in [4.69, 9.17) is 0 Å². The molecule has 3 atom stereocenters. The summed E-state index contributed by atoms with van der Waals surface area (Å²) in [4.78, 5) is 2.67. The van der Waals surface area contributed by atoms with E-state index in [1.165, 1.54) is 50.5 Å². The minimum atomic E-state index is 0.772. The van der Waals surface area contributed by atoms with Gasteiger partial charge in [0.25, 0.3) is 0 Å². The Kier molecular flexibility index (Phi) is 4.98. The number of likely N-dealkylation sites (tertiary alicyclic amines) is 1. The molecule has 2 heterocycles. The molecule has 0 aromatic heterocycles. The Morgan fingerprint density at radius 3 is 2.88 bits per heavy atom. The SMILES string of the molecule is CC1CCN(CCC2CSCCN2)CC1C. The minimum absolute atomic E-state index is 0.772. The summed E-state index contributed by atoms with van der Waals surface area (Å²) in [6, 6.07) is 0.772. The third-order valence-electron chi connectivity index (χ3n) is 4.21. The average Bonchev–Trinajstić information content (AvgIpc) is 2.32. The fourth-order valence-electron chi connectivity index (χ4n) is 2.70. The summed E-state index contributed by atoms with van der Waals surface area (Å²) in [7, 11) is 0. The van der Waals surface area contributed by atoms with Gasteiger partial charge in [-0.05, 0) is 37.8 Å². The van der Waals surface area contributed by atoms with Gasteiger partial charge in [-0.15, -0.1) is 0 Å². The Labute approximate surface area is 105 Å². The highest BCUT2D eigenvalue weighted by atomic mass is 32.2. The van der Waals surface area contributed by atoms with Gasteiger partial charge in [0, 0.05) is 30.6 Å². The summed E-state index contributed by atoms with van der Waals surface area (Å²) in [6.07, 6.45) is 2.74. The molecule has 16 heavy (non-hydrogen) atoms. The summed E-state index contributed by atoms with van der Waals surface area (Å²) < 4.78 is 0. The molecule has 2 rings (SSSR count). The van der Waals surface area contributed by atoms with E-state index in [9.17, 15) is 0 Å². The van der Waals surface area contributed by atoms with Crippen molar-refractivity contribution < 1.29 is 0 Å². The molecule has 0 aliphatic carbocycles. The monoisotopic (exact) mass is 242 g/mol. The highest BCUT2D eigenvalue weighted by Gasteiger charge is 2.23. The second-order valence-corrected chi connectivity index (χ2v) is 6.71. The van der Waals surface area contributed by atoms with Crippen LogP contribution in [-0.4, -0.2) is 48.6 Å². The van der Waals surface area contributed by atoms with E-state index in [0.717, 1.165) is 17.9 Å². The lowest BCUT2D eigenvalue weighted by atomic mass is 9.88. The maximum atomic E-state index is 3.63. The Morgan fingerprint density at radius 1 is 1.31 bits per heavy atom. The molecule has 0 aromatic carbocycles. The molecule has 0 amide bonds. The van der Waals surface area contributed by atoms with E-state index in [1.54, 1.807) is 0 Å². The number of hydrogen-bond donors (Lipinski definition) is 1. The van der Waals surface area contributed by atoms with Crippen LogP contribution < -0.4 is 5.32 Å². The first-order chi connectivity index (χ1) is 7.75. The first-order valence-corrected chi connectivity index (χ1v) is 7.94. The lowest BCUT2D eigenvalue weighted by Crippen LogP contribution is -2.43. The highest BCUT2D eigenvalue weighted by molar-refractivity contribution is 7.99. The van der Waals surface area contributed by atoms with Crippen molar-refractivity contribution in [3.8, 4) is 0 Å². The zero-order valence-electron chi connectivity index (χ0n) is 10.7. The van der Waals surface area contributed by atoms with Crippen molar-refractivity contribution in [2.24, 2.45) is 11.8 Å². The lowest BCUT2D eigenvalue weighted by molar-refractivity contribution is 0.134. The van der Waals surface area contributed by atoms with Crippen LogP contribution in [0.2, 0.25) is 0 Å². The lowest BCUT2D eigenvalue weighted by Gasteiger charge is -2.36. The average molecular weight is 242 g/mol. The molecule has 2 aliphatic rings. The fraction of sp³-hybridized carbons (Fsp3) is 1.00. The predicted octanol–water partition coefficient (Wildman–Crippen LogP) is 2.06. The van der Waals surface area contributed by atoms with Crippen LogP contribution in [0, 0.1) is 11.8 Å². The van der Waals surface area contributed by atoms with E-state index < -0.39 is 0 Å². The second-order valence-electron chi connectivity index (χ2n) is 5.56. The topological polar surface area (TPSA) is 15.3 Å². The first-order valence-electron chi connectivity index (χ1n) is 6.79. The number of piperidine rings is 1. The molecule has 94 valence electrons. The van der Waals surface area contributed by atoms with Crippen molar-refractivity contribution in [3.63, 3.8) is 0 Å². The van der Waals surface area contributed by atoms with Gasteiger partial charge in [-0.1, -0.05) is 13.8 Å². The van der Waals surface area contributed by atoms with Crippen LogP contribution in [0.4, 0.5) is 0 Å². The molecule has 1 N–H and O–H groups in total. The minimum Gasteiger partial charge on any atom is -0.312 e. The Bertz CT molecular complexity index is 204. The standard InChI is InChI=1S/C13H26N2S/c1-11-3-6-15(9-12(11)2)7-4-13-10-16-8-5-14-13/h11-14H,3-10H2,1-2H3. The number of nitrogens with zero attached hydrogens (tertiary/aromatic N) is 1. The molecule has 2 fully saturated rings. The summed E-state index contributed by atoms with van der Waals surface area (Å²) in [5, 5.41) is 3.63. The van der Waals surface area contributed by atoms with E-state index in [0.29, 0.717) is 0 Å². The van der Waals surface area contributed by atoms with Gasteiger partial charge in [0.05, 0.1) is 0 Å². The second kappa shape index (κ2) is 6.27. The van der Waals surface area contributed by atoms with E-state index in [2.05, 4.69) is 35.8 Å². The van der Waals surface area contributed by atoms with E-state index in [-0.39, 0.29) is 0 Å². The maximum Gasteiger partial charge on any atom is 0.0170 e. The molecule has 0 aromatic rings. The summed E-state index contributed by atoms with van der Waals surface area (Å²) in [5.41, 5.74) is 0. The number of hydrogen-bond acceptors (Lipinski definition) is 3. The summed E-state index contributed by atoms with van der Waals surface area (Å²) >= 11 is 2.11. The van der Waals surface area contributed by atoms with Gasteiger partial charge in [0.15, 0.2) is 0 Å². The van der Waals surface area contributed by atoms with Crippen molar-refractivity contribution in [3.05, 3.63) is 0 Å². The van der Waals surface area contributed by atoms with Crippen LogP contribution in [0.5, 0.6) is 0 Å². The molecular weight excluding hydrogens is 216 g/mol. The zero-order valence-corrected chi connectivity index (χ0v) is 11.6. The number of thioether (sulfide) groups is 1. The number of rotatable bonds is 3.